The van der Waals surface area contributed by atoms with Crippen molar-refractivity contribution in [2.75, 3.05) is 7.11 Å². The number of rotatable bonds is 4. The summed E-state index contributed by atoms with van der Waals surface area (Å²) in [4.78, 5) is 12.2. The first-order valence-electron chi connectivity index (χ1n) is 9.09. The van der Waals surface area contributed by atoms with Crippen molar-refractivity contribution < 1.29 is 14.2 Å². The largest absolute Gasteiger partial charge is 0.502 e. The van der Waals surface area contributed by atoms with E-state index in [1.54, 1.807) is 46.2 Å². The zero-order valence-electron chi connectivity index (χ0n) is 16.5. The van der Waals surface area contributed by atoms with Crippen molar-refractivity contribution in [3.8, 4) is 22.8 Å². The highest BCUT2D eigenvalue weighted by Gasteiger charge is 2.19. The molecule has 0 saturated heterocycles. The van der Waals surface area contributed by atoms with Gasteiger partial charge in [0.1, 0.15) is 0 Å². The Kier molecular flexibility index (Phi) is 4.41. The van der Waals surface area contributed by atoms with Crippen molar-refractivity contribution in [3.05, 3.63) is 64.5 Å². The number of nitrogens with zero attached hydrogens (tertiary/aromatic N) is 4. The molecule has 0 saturated carbocycles. The van der Waals surface area contributed by atoms with Gasteiger partial charge in [-0.05, 0) is 42.8 Å². The zero-order valence-corrected chi connectivity index (χ0v) is 16.5. The third kappa shape index (κ3) is 2.88. The van der Waals surface area contributed by atoms with Gasteiger partial charge in [0.25, 0.3) is 0 Å². The van der Waals surface area contributed by atoms with Crippen LogP contribution in [0.2, 0.25) is 0 Å². The molecule has 0 spiro atoms. The summed E-state index contributed by atoms with van der Waals surface area (Å²) in [7, 11) is 4.85. The lowest BCUT2D eigenvalue weighted by molar-refractivity contribution is 0.357. The second kappa shape index (κ2) is 6.80. The molecule has 0 amide bonds. The summed E-state index contributed by atoms with van der Waals surface area (Å²) in [5.41, 5.74) is 3.75. The second-order valence-electron chi connectivity index (χ2n) is 6.99. The van der Waals surface area contributed by atoms with Crippen LogP contribution in [0.5, 0.6) is 11.5 Å². The van der Waals surface area contributed by atoms with Crippen molar-refractivity contribution in [1.29, 1.82) is 0 Å². The van der Waals surface area contributed by atoms with Gasteiger partial charge in [0.05, 0.1) is 29.9 Å². The van der Waals surface area contributed by atoms with E-state index >= 15 is 0 Å². The Labute approximate surface area is 166 Å². The van der Waals surface area contributed by atoms with Crippen LogP contribution in [0, 0.1) is 5.82 Å². The summed E-state index contributed by atoms with van der Waals surface area (Å²) in [6, 6.07) is 10.3. The van der Waals surface area contributed by atoms with E-state index in [0.29, 0.717) is 11.3 Å². The first-order chi connectivity index (χ1) is 13.8. The molecule has 1 N–H and O–H groups in total. The monoisotopic (exact) mass is 396 g/mol. The van der Waals surface area contributed by atoms with E-state index in [0.717, 1.165) is 16.6 Å². The molecular weight excluding hydrogens is 375 g/mol. The number of halogens is 1. The molecule has 0 bridgehead atoms. The van der Waals surface area contributed by atoms with Gasteiger partial charge in [-0.3, -0.25) is 13.8 Å². The molecule has 0 aliphatic heterocycles. The highest BCUT2D eigenvalue weighted by atomic mass is 19.1. The molecule has 2 heterocycles. The van der Waals surface area contributed by atoms with Crippen LogP contribution < -0.4 is 10.4 Å². The number of imidazole rings is 1. The molecule has 2 aromatic heterocycles. The van der Waals surface area contributed by atoms with Crippen molar-refractivity contribution >= 4 is 11.0 Å². The second-order valence-corrected chi connectivity index (χ2v) is 6.99. The summed E-state index contributed by atoms with van der Waals surface area (Å²) in [6.45, 7) is 1.98. The molecule has 150 valence electrons. The highest BCUT2D eigenvalue weighted by molar-refractivity contribution is 5.77. The molecule has 29 heavy (non-hydrogen) atoms. The Morgan fingerprint density at radius 3 is 2.55 bits per heavy atom. The first-order valence-corrected chi connectivity index (χ1v) is 9.09. The third-order valence-electron chi connectivity index (χ3n) is 5.36. The van der Waals surface area contributed by atoms with Crippen LogP contribution in [0.1, 0.15) is 18.5 Å². The van der Waals surface area contributed by atoms with E-state index in [-0.39, 0.29) is 17.5 Å². The van der Waals surface area contributed by atoms with Crippen LogP contribution in [0.3, 0.4) is 0 Å². The number of aromatic hydroxyl groups is 1. The Balaban J connectivity index is 1.81. The maximum absolute atomic E-state index is 14.1. The number of phenols is 1. The summed E-state index contributed by atoms with van der Waals surface area (Å²) >= 11 is 0. The average Bonchev–Trinajstić information content (AvgIpc) is 3.29. The van der Waals surface area contributed by atoms with Gasteiger partial charge in [-0.2, -0.15) is 5.10 Å². The minimum Gasteiger partial charge on any atom is -0.502 e. The molecular formula is C21H21FN4O3. The van der Waals surface area contributed by atoms with E-state index in [1.807, 2.05) is 25.1 Å². The van der Waals surface area contributed by atoms with E-state index < -0.39 is 11.6 Å². The van der Waals surface area contributed by atoms with Gasteiger partial charge in [-0.1, -0.05) is 6.07 Å². The number of methoxy groups -OCH3 is 1. The number of aromatic nitrogens is 4. The number of hydrogen-bond acceptors (Lipinski definition) is 4. The average molecular weight is 396 g/mol. The first kappa shape index (κ1) is 18.8. The van der Waals surface area contributed by atoms with Gasteiger partial charge in [0.2, 0.25) is 0 Å². The molecule has 4 rings (SSSR count). The van der Waals surface area contributed by atoms with Crippen LogP contribution in [0.25, 0.3) is 22.3 Å². The quantitative estimate of drug-likeness (QED) is 0.575. The van der Waals surface area contributed by atoms with Crippen LogP contribution in [-0.4, -0.2) is 31.1 Å². The Morgan fingerprint density at radius 1 is 1.10 bits per heavy atom. The highest BCUT2D eigenvalue weighted by Crippen LogP contribution is 2.35. The van der Waals surface area contributed by atoms with Crippen LogP contribution in [0.4, 0.5) is 4.39 Å². The van der Waals surface area contributed by atoms with Crippen LogP contribution in [-0.2, 0) is 14.1 Å². The van der Waals surface area contributed by atoms with Crippen LogP contribution >= 0.6 is 0 Å². The predicted octanol–water partition coefficient (Wildman–Crippen LogP) is 3.20. The van der Waals surface area contributed by atoms with Crippen LogP contribution in [0.15, 0.2) is 47.4 Å². The van der Waals surface area contributed by atoms with E-state index in [1.165, 1.54) is 13.2 Å². The predicted molar refractivity (Wildman–Crippen MR) is 108 cm³/mol. The number of phenolic OH excluding ortho intramolecular Hbond substituents is 1. The third-order valence-corrected chi connectivity index (χ3v) is 5.36. The fourth-order valence-electron chi connectivity index (χ4n) is 3.65. The Bertz CT molecular complexity index is 1290. The van der Waals surface area contributed by atoms with Gasteiger partial charge in [-0.15, -0.1) is 0 Å². The van der Waals surface area contributed by atoms with Crippen molar-refractivity contribution in [2.24, 2.45) is 14.1 Å². The Morgan fingerprint density at radius 2 is 1.83 bits per heavy atom. The number of fused-ring (bicyclic) bond motifs is 1. The number of hydrogen-bond donors (Lipinski definition) is 1. The summed E-state index contributed by atoms with van der Waals surface area (Å²) < 4.78 is 24.2. The van der Waals surface area contributed by atoms with Gasteiger partial charge in [0, 0.05) is 25.9 Å². The van der Waals surface area contributed by atoms with E-state index in [4.69, 9.17) is 4.74 Å². The molecule has 0 radical (unpaired) electrons. The number of aryl methyl sites for hydroxylation is 2. The molecule has 0 aliphatic carbocycles. The smallest absolute Gasteiger partial charge is 0.328 e. The normalized spacial score (nSPS) is 12.4. The maximum atomic E-state index is 14.1. The topological polar surface area (TPSA) is 74.2 Å². The number of ether oxygens (including phenoxy) is 1. The summed E-state index contributed by atoms with van der Waals surface area (Å²) in [5, 5.41) is 14.2. The minimum absolute atomic E-state index is 0.0566. The van der Waals surface area contributed by atoms with Gasteiger partial charge in [-0.25, -0.2) is 9.18 Å². The molecule has 2 aromatic carbocycles. The van der Waals surface area contributed by atoms with Crippen molar-refractivity contribution in [3.63, 3.8) is 0 Å². The molecule has 0 aliphatic rings. The molecule has 1 unspecified atom stereocenters. The van der Waals surface area contributed by atoms with Crippen molar-refractivity contribution in [2.45, 2.75) is 13.0 Å². The molecule has 4 aromatic rings. The zero-order chi connectivity index (χ0) is 20.9. The van der Waals surface area contributed by atoms with Gasteiger partial charge >= 0.3 is 5.69 Å². The molecule has 8 heteroatoms. The summed E-state index contributed by atoms with van der Waals surface area (Å²) in [5.74, 6) is -1.23. The molecule has 7 nitrogen and oxygen atoms in total. The lowest BCUT2D eigenvalue weighted by Gasteiger charge is -2.17. The lowest BCUT2D eigenvalue weighted by atomic mass is 10.1. The van der Waals surface area contributed by atoms with E-state index in [2.05, 4.69) is 5.10 Å². The van der Waals surface area contributed by atoms with E-state index in [9.17, 15) is 14.3 Å². The van der Waals surface area contributed by atoms with Gasteiger partial charge in [0.15, 0.2) is 17.3 Å². The minimum atomic E-state index is -0.763. The maximum Gasteiger partial charge on any atom is 0.328 e. The summed E-state index contributed by atoms with van der Waals surface area (Å²) in [6.07, 6.45) is 1.64. The standard InChI is InChI=1S/C21H21FN4O3/c1-12(13-5-6-17-18(10-13)25(3)21(28)24(17)2)26-16(7-8-23-26)14-9-15(22)20(27)19(11-14)29-4/h5-12,27H,1-4H3. The van der Waals surface area contributed by atoms with Gasteiger partial charge < -0.3 is 9.84 Å². The Hall–Kier alpha value is -3.55. The SMILES string of the molecule is COc1cc(-c2ccnn2C(C)c2ccc3c(c2)n(C)c(=O)n3C)cc(F)c1O. The number of benzene rings is 2. The lowest BCUT2D eigenvalue weighted by Crippen LogP contribution is -2.19. The van der Waals surface area contributed by atoms with Crippen molar-refractivity contribution in [1.82, 2.24) is 18.9 Å². The molecule has 1 atom stereocenters. The fourth-order valence-corrected chi connectivity index (χ4v) is 3.65. The molecule has 0 fully saturated rings. The fraction of sp³-hybridized carbons (Fsp3) is 0.238.